The Morgan fingerprint density at radius 2 is 1.30 bits per heavy atom. The van der Waals surface area contributed by atoms with Crippen LogP contribution in [-0.4, -0.2) is 70.7 Å². The number of carbonyl (C=O) groups is 1. The molecule has 5 rings (SSSR count). The van der Waals surface area contributed by atoms with E-state index in [2.05, 4.69) is 7.05 Å². The first kappa shape index (κ1) is 28.1. The summed E-state index contributed by atoms with van der Waals surface area (Å²) in [5, 5.41) is 13.5. The largest absolute Gasteiger partial charge is 0.496 e. The SMILES string of the molecule is CO[N+]1(C)CCOCC1.COc1cc2ccccc2cc1C=O.COc1cc2ccccc2cc1CO. The maximum absolute atomic E-state index is 10.7. The second-order valence-corrected chi connectivity index (χ2v) is 8.77. The van der Waals surface area contributed by atoms with Gasteiger partial charge in [0.1, 0.15) is 24.6 Å². The molecule has 0 aliphatic carbocycles. The first-order chi connectivity index (χ1) is 18.0. The summed E-state index contributed by atoms with van der Waals surface area (Å²) in [5.74, 6) is 1.37. The van der Waals surface area contributed by atoms with Gasteiger partial charge in [-0.3, -0.25) is 4.79 Å². The van der Waals surface area contributed by atoms with Gasteiger partial charge >= 0.3 is 0 Å². The van der Waals surface area contributed by atoms with E-state index >= 15 is 0 Å². The number of aldehydes is 1. The molecule has 0 unspecified atom stereocenters. The van der Waals surface area contributed by atoms with Crippen LogP contribution in [0.5, 0.6) is 11.5 Å². The summed E-state index contributed by atoms with van der Waals surface area (Å²) in [6.07, 6.45) is 0.811. The number of aliphatic hydroxyl groups excluding tert-OH is 1. The number of fused-ring (bicyclic) bond motifs is 2. The molecule has 1 heterocycles. The van der Waals surface area contributed by atoms with Crippen LogP contribution in [0.3, 0.4) is 0 Å². The Balaban J connectivity index is 0.000000159. The van der Waals surface area contributed by atoms with Gasteiger partial charge in [0, 0.05) is 5.56 Å². The van der Waals surface area contributed by atoms with Gasteiger partial charge in [-0.2, -0.15) is 4.65 Å². The molecule has 1 aliphatic heterocycles. The molecular formula is C30H36NO6+. The topological polar surface area (TPSA) is 74.2 Å². The highest BCUT2D eigenvalue weighted by Crippen LogP contribution is 2.26. The molecule has 1 saturated heterocycles. The Bertz CT molecular complexity index is 1260. The summed E-state index contributed by atoms with van der Waals surface area (Å²) < 4.78 is 16.2. The normalized spacial score (nSPS) is 14.1. The molecule has 7 nitrogen and oxygen atoms in total. The molecule has 0 bridgehead atoms. The zero-order valence-electron chi connectivity index (χ0n) is 22.0. The van der Waals surface area contributed by atoms with Crippen LogP contribution in [-0.2, 0) is 16.2 Å². The maximum atomic E-state index is 10.7. The van der Waals surface area contributed by atoms with E-state index in [1.807, 2.05) is 72.8 Å². The highest BCUT2D eigenvalue weighted by atomic mass is 16.7. The van der Waals surface area contributed by atoms with Crippen LogP contribution in [0, 0.1) is 0 Å². The molecule has 196 valence electrons. The first-order valence-corrected chi connectivity index (χ1v) is 12.1. The summed E-state index contributed by atoms with van der Waals surface area (Å²) in [7, 11) is 6.99. The lowest BCUT2D eigenvalue weighted by Gasteiger charge is -2.32. The van der Waals surface area contributed by atoms with Gasteiger partial charge < -0.3 is 19.3 Å². The molecule has 1 aliphatic rings. The number of hydrogen-bond acceptors (Lipinski definition) is 6. The molecule has 1 fully saturated rings. The maximum Gasteiger partial charge on any atom is 0.153 e. The Morgan fingerprint density at radius 1 is 0.811 bits per heavy atom. The predicted octanol–water partition coefficient (Wildman–Crippen LogP) is 5.03. The molecule has 37 heavy (non-hydrogen) atoms. The fourth-order valence-electron chi connectivity index (χ4n) is 4.00. The smallest absolute Gasteiger partial charge is 0.153 e. The number of aliphatic hydroxyl groups is 1. The van der Waals surface area contributed by atoms with E-state index in [-0.39, 0.29) is 6.61 Å². The van der Waals surface area contributed by atoms with Crippen LogP contribution in [0.2, 0.25) is 0 Å². The monoisotopic (exact) mass is 506 g/mol. The van der Waals surface area contributed by atoms with E-state index in [9.17, 15) is 4.79 Å². The van der Waals surface area contributed by atoms with E-state index in [0.29, 0.717) is 16.0 Å². The van der Waals surface area contributed by atoms with E-state index < -0.39 is 0 Å². The molecule has 0 spiro atoms. The number of nitrogens with zero attached hydrogens (tertiary/aromatic N) is 1. The minimum absolute atomic E-state index is 0.00794. The van der Waals surface area contributed by atoms with Gasteiger partial charge in [-0.05, 0) is 45.8 Å². The first-order valence-electron chi connectivity index (χ1n) is 12.1. The number of methoxy groups -OCH3 is 2. The zero-order valence-corrected chi connectivity index (χ0v) is 22.0. The Hall–Kier alpha value is -3.49. The van der Waals surface area contributed by atoms with Crippen molar-refractivity contribution in [2.24, 2.45) is 0 Å². The van der Waals surface area contributed by atoms with Crippen LogP contribution in [0.1, 0.15) is 15.9 Å². The average Bonchev–Trinajstić information content (AvgIpc) is 2.96. The van der Waals surface area contributed by atoms with Crippen molar-refractivity contribution in [3.63, 3.8) is 0 Å². The van der Waals surface area contributed by atoms with Gasteiger partial charge in [0.25, 0.3) is 0 Å². The van der Waals surface area contributed by atoms with Crippen molar-refractivity contribution in [3.05, 3.63) is 83.9 Å². The molecule has 0 atom stereocenters. The van der Waals surface area contributed by atoms with Crippen molar-refractivity contribution >= 4 is 27.8 Å². The van der Waals surface area contributed by atoms with Crippen molar-refractivity contribution in [1.82, 2.24) is 0 Å². The van der Waals surface area contributed by atoms with Gasteiger partial charge in [0.2, 0.25) is 0 Å². The van der Waals surface area contributed by atoms with Crippen LogP contribution in [0.25, 0.3) is 21.5 Å². The number of hydrogen-bond donors (Lipinski definition) is 1. The van der Waals surface area contributed by atoms with E-state index in [1.165, 1.54) is 0 Å². The number of carbonyl (C=O) groups excluding carboxylic acids is 1. The van der Waals surface area contributed by atoms with E-state index in [0.717, 1.165) is 65.4 Å². The number of benzene rings is 4. The van der Waals surface area contributed by atoms with Gasteiger partial charge in [0.05, 0.1) is 53.8 Å². The Labute approximate surface area is 218 Å². The summed E-state index contributed by atoms with van der Waals surface area (Å²) >= 11 is 0. The minimum Gasteiger partial charge on any atom is -0.496 e. The molecule has 1 N–H and O–H groups in total. The minimum atomic E-state index is 0.00794. The third-order valence-electron chi connectivity index (χ3n) is 6.40. The van der Waals surface area contributed by atoms with Crippen LogP contribution >= 0.6 is 0 Å². The number of ether oxygens (including phenoxy) is 3. The van der Waals surface area contributed by atoms with Crippen molar-refractivity contribution in [2.45, 2.75) is 6.61 Å². The Kier molecular flexibility index (Phi) is 10.4. The second-order valence-electron chi connectivity index (χ2n) is 8.77. The number of rotatable bonds is 5. The quantitative estimate of drug-likeness (QED) is 0.302. The fraction of sp³-hybridized carbons (Fsp3) is 0.300. The standard InChI is InChI=1S/C12H12O2.C12H10O2.C6H14NO2/c2*1-14-12-7-10-5-3-2-4-9(10)6-11(12)8-13;1-7(8-2)3-5-9-6-4-7/h2-7,13H,8H2,1H3;2-8H,1H3;3-6H2,1-2H3/q;;+1. The highest BCUT2D eigenvalue weighted by molar-refractivity contribution is 5.92. The summed E-state index contributed by atoms with van der Waals surface area (Å²) in [6.45, 7) is 3.59. The molecule has 0 aromatic heterocycles. The molecule has 0 saturated carbocycles. The van der Waals surface area contributed by atoms with Crippen molar-refractivity contribution in [2.75, 3.05) is 54.7 Å². The van der Waals surface area contributed by atoms with Crippen molar-refractivity contribution in [3.8, 4) is 11.5 Å². The average molecular weight is 507 g/mol. The third-order valence-corrected chi connectivity index (χ3v) is 6.40. The molecular weight excluding hydrogens is 470 g/mol. The second kappa shape index (κ2) is 13.7. The number of likely N-dealkylation sites (N-methyl/N-ethyl adjacent to an activating group) is 1. The van der Waals surface area contributed by atoms with Crippen molar-refractivity contribution < 1.29 is 33.6 Å². The van der Waals surface area contributed by atoms with Gasteiger partial charge in [-0.1, -0.05) is 48.5 Å². The summed E-state index contributed by atoms with van der Waals surface area (Å²) in [6, 6.07) is 23.5. The van der Waals surface area contributed by atoms with Crippen LogP contribution in [0.4, 0.5) is 0 Å². The molecule has 7 heteroatoms. The number of quaternary nitrogens is 1. The van der Waals surface area contributed by atoms with Gasteiger partial charge in [-0.25, -0.2) is 4.84 Å². The summed E-state index contributed by atoms with van der Waals surface area (Å²) in [4.78, 5) is 16.0. The van der Waals surface area contributed by atoms with Crippen molar-refractivity contribution in [1.29, 1.82) is 0 Å². The third kappa shape index (κ3) is 7.50. The van der Waals surface area contributed by atoms with E-state index in [1.54, 1.807) is 21.3 Å². The predicted molar refractivity (Wildman–Crippen MR) is 146 cm³/mol. The molecule has 0 radical (unpaired) electrons. The molecule has 4 aromatic rings. The van der Waals surface area contributed by atoms with Gasteiger partial charge in [0.15, 0.2) is 6.29 Å². The number of morpholine rings is 1. The van der Waals surface area contributed by atoms with Crippen LogP contribution in [0.15, 0.2) is 72.8 Å². The lowest BCUT2D eigenvalue weighted by Crippen LogP contribution is -2.50. The molecule has 0 amide bonds. The highest BCUT2D eigenvalue weighted by Gasteiger charge is 2.25. The number of hydroxylamine groups is 3. The zero-order chi connectivity index (χ0) is 26.7. The lowest BCUT2D eigenvalue weighted by atomic mass is 10.1. The summed E-state index contributed by atoms with van der Waals surface area (Å²) in [5.41, 5.74) is 1.41. The van der Waals surface area contributed by atoms with E-state index in [4.69, 9.17) is 24.2 Å². The fourth-order valence-corrected chi connectivity index (χ4v) is 4.00. The Morgan fingerprint density at radius 3 is 1.73 bits per heavy atom. The lowest BCUT2D eigenvalue weighted by molar-refractivity contribution is -1.09. The van der Waals surface area contributed by atoms with Gasteiger partial charge in [-0.15, -0.1) is 0 Å². The van der Waals surface area contributed by atoms with Crippen LogP contribution < -0.4 is 9.47 Å². The molecule has 4 aromatic carbocycles.